The molecule has 3 heteroatoms. The van der Waals surface area contributed by atoms with Crippen LogP contribution in [0.5, 0.6) is 0 Å². The normalized spacial score (nSPS) is 34.9. The monoisotopic (exact) mass is 185 g/mol. The van der Waals surface area contributed by atoms with Crippen molar-refractivity contribution >= 4 is 5.91 Å². The molecule has 0 aliphatic heterocycles. The molecule has 2 aliphatic carbocycles. The molecule has 0 spiro atoms. The maximum atomic E-state index is 13.4. The molecule has 1 amide bonds. The Morgan fingerprint density at radius 1 is 1.62 bits per heavy atom. The molecule has 74 valence electrons. The molecule has 1 N–H and O–H groups in total. The molecule has 0 aromatic heterocycles. The highest BCUT2D eigenvalue weighted by Crippen LogP contribution is 2.38. The Balaban J connectivity index is 1.70. The Kier molecular flexibility index (Phi) is 2.05. The molecule has 2 atom stereocenters. The van der Waals surface area contributed by atoms with Crippen molar-refractivity contribution in [2.75, 3.05) is 6.54 Å². The summed E-state index contributed by atoms with van der Waals surface area (Å²) >= 11 is 0. The topological polar surface area (TPSA) is 29.1 Å². The van der Waals surface area contributed by atoms with E-state index in [0.29, 0.717) is 18.8 Å². The highest BCUT2D eigenvalue weighted by molar-refractivity contribution is 5.81. The first-order valence-corrected chi connectivity index (χ1v) is 5.07. The molecule has 0 aromatic carbocycles. The summed E-state index contributed by atoms with van der Waals surface area (Å²) in [5, 5.41) is 2.70. The van der Waals surface area contributed by atoms with E-state index in [1.165, 1.54) is 0 Å². The number of halogens is 1. The summed E-state index contributed by atoms with van der Waals surface area (Å²) in [6.07, 6.45) is 3.18. The number of alkyl halides is 1. The zero-order valence-electron chi connectivity index (χ0n) is 7.98. The fraction of sp³-hybridized carbons (Fsp3) is 0.900. The first kappa shape index (κ1) is 8.97. The second-order valence-electron chi connectivity index (χ2n) is 4.54. The third kappa shape index (κ3) is 1.84. The lowest BCUT2D eigenvalue weighted by Gasteiger charge is -2.33. The Hall–Kier alpha value is -0.600. The fourth-order valence-corrected chi connectivity index (χ4v) is 1.80. The minimum atomic E-state index is -1.08. The molecule has 2 nitrogen and oxygen atoms in total. The highest BCUT2D eigenvalue weighted by atomic mass is 19.1. The van der Waals surface area contributed by atoms with E-state index in [1.54, 1.807) is 0 Å². The predicted molar refractivity (Wildman–Crippen MR) is 48.0 cm³/mol. The first-order valence-electron chi connectivity index (χ1n) is 5.07. The average Bonchev–Trinajstić information content (AvgIpc) is 2.75. The van der Waals surface area contributed by atoms with Crippen LogP contribution in [-0.2, 0) is 4.79 Å². The zero-order valence-corrected chi connectivity index (χ0v) is 7.98. The van der Waals surface area contributed by atoms with Gasteiger partial charge in [0.1, 0.15) is 5.67 Å². The lowest BCUT2D eigenvalue weighted by Crippen LogP contribution is -2.44. The maximum absolute atomic E-state index is 13.4. The molecular formula is C10H16FNO. The molecule has 0 bridgehead atoms. The van der Waals surface area contributed by atoms with Crippen LogP contribution in [0, 0.1) is 11.8 Å². The minimum Gasteiger partial charge on any atom is -0.353 e. The van der Waals surface area contributed by atoms with Gasteiger partial charge < -0.3 is 5.32 Å². The van der Waals surface area contributed by atoms with E-state index in [1.807, 2.05) is 0 Å². The van der Waals surface area contributed by atoms with E-state index in [-0.39, 0.29) is 18.4 Å². The lowest BCUT2D eigenvalue weighted by molar-refractivity contribution is -0.123. The molecule has 13 heavy (non-hydrogen) atoms. The molecule has 2 unspecified atom stereocenters. The molecule has 0 saturated heterocycles. The summed E-state index contributed by atoms with van der Waals surface area (Å²) in [6, 6.07) is 0. The van der Waals surface area contributed by atoms with Gasteiger partial charge in [-0.05, 0) is 31.6 Å². The standard InChI is InChI=1S/C10H16FNO/c1-7-5-8(7)9(13)12-6-10(11)3-2-4-10/h7-8H,2-6H2,1H3,(H,12,13). The number of hydrogen-bond acceptors (Lipinski definition) is 1. The summed E-state index contributed by atoms with van der Waals surface area (Å²) < 4.78 is 13.4. The number of nitrogens with one attached hydrogen (secondary N) is 1. The third-order valence-electron chi connectivity index (χ3n) is 3.28. The number of rotatable bonds is 3. The van der Waals surface area contributed by atoms with Crippen LogP contribution in [0.25, 0.3) is 0 Å². The summed E-state index contributed by atoms with van der Waals surface area (Å²) in [6.45, 7) is 2.29. The van der Waals surface area contributed by atoms with Gasteiger partial charge in [-0.2, -0.15) is 0 Å². The van der Waals surface area contributed by atoms with Crippen LogP contribution >= 0.6 is 0 Å². The van der Waals surface area contributed by atoms with Crippen molar-refractivity contribution in [3.8, 4) is 0 Å². The van der Waals surface area contributed by atoms with Gasteiger partial charge in [0.15, 0.2) is 0 Å². The second kappa shape index (κ2) is 2.96. The van der Waals surface area contributed by atoms with E-state index in [9.17, 15) is 9.18 Å². The second-order valence-corrected chi connectivity index (χ2v) is 4.54. The maximum Gasteiger partial charge on any atom is 0.223 e. The third-order valence-corrected chi connectivity index (χ3v) is 3.28. The van der Waals surface area contributed by atoms with E-state index in [0.717, 1.165) is 12.8 Å². The van der Waals surface area contributed by atoms with Crippen molar-refractivity contribution < 1.29 is 9.18 Å². The van der Waals surface area contributed by atoms with Gasteiger partial charge in [-0.1, -0.05) is 6.92 Å². The van der Waals surface area contributed by atoms with Gasteiger partial charge in [0, 0.05) is 5.92 Å². The van der Waals surface area contributed by atoms with Crippen LogP contribution in [0.2, 0.25) is 0 Å². The predicted octanol–water partition coefficient (Wildman–Crippen LogP) is 1.65. The molecule has 0 heterocycles. The van der Waals surface area contributed by atoms with Crippen LogP contribution in [0.15, 0.2) is 0 Å². The molecule has 0 aromatic rings. The largest absolute Gasteiger partial charge is 0.353 e. The number of amides is 1. The molecular weight excluding hydrogens is 169 g/mol. The summed E-state index contributed by atoms with van der Waals surface area (Å²) in [5.74, 6) is 0.733. The lowest BCUT2D eigenvalue weighted by atomic mass is 9.82. The quantitative estimate of drug-likeness (QED) is 0.711. The van der Waals surface area contributed by atoms with Crippen molar-refractivity contribution in [1.82, 2.24) is 5.32 Å². The number of carbonyl (C=O) groups is 1. The Morgan fingerprint density at radius 3 is 2.62 bits per heavy atom. The van der Waals surface area contributed by atoms with Gasteiger partial charge in [0.2, 0.25) is 5.91 Å². The number of carbonyl (C=O) groups excluding carboxylic acids is 1. The first-order chi connectivity index (χ1) is 6.11. The van der Waals surface area contributed by atoms with Gasteiger partial charge in [-0.3, -0.25) is 4.79 Å². The van der Waals surface area contributed by atoms with Gasteiger partial charge >= 0.3 is 0 Å². The Bertz CT molecular complexity index is 225. The van der Waals surface area contributed by atoms with Crippen molar-refractivity contribution in [3.63, 3.8) is 0 Å². The fourth-order valence-electron chi connectivity index (χ4n) is 1.80. The van der Waals surface area contributed by atoms with Gasteiger partial charge in [0.25, 0.3) is 0 Å². The summed E-state index contributed by atoms with van der Waals surface area (Å²) in [4.78, 5) is 11.3. The van der Waals surface area contributed by atoms with E-state index in [2.05, 4.69) is 12.2 Å². The highest BCUT2D eigenvalue weighted by Gasteiger charge is 2.41. The minimum absolute atomic E-state index is 0.0522. The van der Waals surface area contributed by atoms with Crippen LogP contribution < -0.4 is 5.32 Å². The number of hydrogen-bond donors (Lipinski definition) is 1. The molecule has 2 aliphatic rings. The van der Waals surface area contributed by atoms with Crippen molar-refractivity contribution in [1.29, 1.82) is 0 Å². The smallest absolute Gasteiger partial charge is 0.223 e. The van der Waals surface area contributed by atoms with Gasteiger partial charge in [-0.25, -0.2) is 4.39 Å². The van der Waals surface area contributed by atoms with Crippen LogP contribution in [-0.4, -0.2) is 18.1 Å². The van der Waals surface area contributed by atoms with Crippen LogP contribution in [0.1, 0.15) is 32.6 Å². The summed E-state index contributed by atoms with van der Waals surface area (Å²) in [7, 11) is 0. The average molecular weight is 185 g/mol. The molecule has 0 radical (unpaired) electrons. The van der Waals surface area contributed by atoms with Crippen LogP contribution in [0.4, 0.5) is 4.39 Å². The SMILES string of the molecule is CC1CC1C(=O)NCC1(F)CCC1. The molecule has 2 fully saturated rings. The zero-order chi connectivity index (χ0) is 9.47. The summed E-state index contributed by atoms with van der Waals surface area (Å²) in [5.41, 5.74) is -1.08. The van der Waals surface area contributed by atoms with E-state index in [4.69, 9.17) is 0 Å². The molecule has 2 rings (SSSR count). The Labute approximate surface area is 77.9 Å². The van der Waals surface area contributed by atoms with Crippen LogP contribution in [0.3, 0.4) is 0 Å². The van der Waals surface area contributed by atoms with Gasteiger partial charge in [0.05, 0.1) is 6.54 Å². The van der Waals surface area contributed by atoms with Crippen molar-refractivity contribution in [2.45, 2.75) is 38.3 Å². The van der Waals surface area contributed by atoms with Gasteiger partial charge in [-0.15, -0.1) is 0 Å². The molecule has 2 saturated carbocycles. The Morgan fingerprint density at radius 2 is 2.23 bits per heavy atom. The van der Waals surface area contributed by atoms with Crippen molar-refractivity contribution in [3.05, 3.63) is 0 Å². The van der Waals surface area contributed by atoms with E-state index >= 15 is 0 Å². The van der Waals surface area contributed by atoms with Crippen molar-refractivity contribution in [2.24, 2.45) is 11.8 Å². The van der Waals surface area contributed by atoms with E-state index < -0.39 is 5.67 Å².